The van der Waals surface area contributed by atoms with E-state index in [0.29, 0.717) is 25.1 Å². The third-order valence-corrected chi connectivity index (χ3v) is 6.79. The maximum atomic E-state index is 12.0. The Morgan fingerprint density at radius 3 is 1.83 bits per heavy atom. The van der Waals surface area contributed by atoms with Crippen LogP contribution in [0, 0.1) is 5.41 Å². The van der Waals surface area contributed by atoms with Crippen molar-refractivity contribution >= 4 is 29.8 Å². The molecule has 42 heavy (non-hydrogen) atoms. The number of nitrogens with one attached hydrogen (secondary N) is 2. The highest BCUT2D eigenvalue weighted by atomic mass is 32.2. The Morgan fingerprint density at radius 2 is 1.31 bits per heavy atom. The van der Waals surface area contributed by atoms with Gasteiger partial charge in [-0.3, -0.25) is 14.4 Å². The fourth-order valence-electron chi connectivity index (χ4n) is 3.15. The molecule has 0 bridgehead atoms. The van der Waals surface area contributed by atoms with Gasteiger partial charge in [-0.25, -0.2) is 0 Å². The van der Waals surface area contributed by atoms with Crippen LogP contribution in [0.25, 0.3) is 0 Å². The molecular weight excluding hydrogens is 548 g/mol. The average molecular weight is 607 g/mol. The van der Waals surface area contributed by atoms with Crippen LogP contribution in [0.4, 0.5) is 0 Å². The van der Waals surface area contributed by atoms with Crippen molar-refractivity contribution < 1.29 is 23.7 Å². The van der Waals surface area contributed by atoms with Gasteiger partial charge in [-0.05, 0) is 56.8 Å². The first kappa shape index (κ1) is 41.6. The van der Waals surface area contributed by atoms with Gasteiger partial charge in [0, 0.05) is 31.7 Å². The van der Waals surface area contributed by atoms with Crippen LogP contribution >= 0.6 is 12.0 Å². The van der Waals surface area contributed by atoms with E-state index in [1.54, 1.807) is 0 Å². The molecule has 0 aliphatic heterocycles. The lowest BCUT2D eigenvalue weighted by atomic mass is 9.83. The van der Waals surface area contributed by atoms with Gasteiger partial charge >= 0.3 is 5.97 Å². The third-order valence-electron chi connectivity index (χ3n) is 6.12. The van der Waals surface area contributed by atoms with Crippen LogP contribution in [-0.4, -0.2) is 47.8 Å². The van der Waals surface area contributed by atoms with Crippen LogP contribution in [0.5, 0.6) is 0 Å². The first-order chi connectivity index (χ1) is 20.2. The van der Waals surface area contributed by atoms with E-state index in [1.165, 1.54) is 0 Å². The molecule has 3 N–H and O–H groups in total. The highest BCUT2D eigenvalue weighted by Crippen LogP contribution is 2.24. The molecule has 0 aromatic heterocycles. The Bertz CT molecular complexity index is 847. The summed E-state index contributed by atoms with van der Waals surface area (Å²) in [6, 6.07) is 0. The summed E-state index contributed by atoms with van der Waals surface area (Å²) in [6.45, 7) is 12.2. The highest BCUT2D eigenvalue weighted by Gasteiger charge is 2.31. The lowest BCUT2D eigenvalue weighted by molar-refractivity contribution is -0.135. The van der Waals surface area contributed by atoms with E-state index in [-0.39, 0.29) is 24.8 Å². The standard InChI is InChI=1S/C32H52N2O5S.C2H6/c1-5-7-8-9-10-11-12-13-14-15-16-17-18-19-20-21-22-23-29(36)39-40-27-26-33-28(35)24-25-34-31(38)30(37)32(3,4)6-2;1-2/h7-8,10-11,13-14,16-17,19-20,30,37H,5-6,9,12,15,18,21-27H2,1-4H3,(H,33,35)(H,34,38);1-2H3/b8-7-,11-10-,14-13-,17-16-,20-19-;/t30-;/m0./s1. The molecule has 0 rings (SSSR count). The monoisotopic (exact) mass is 606 g/mol. The summed E-state index contributed by atoms with van der Waals surface area (Å²) < 4.78 is 5.13. The Labute approximate surface area is 260 Å². The Morgan fingerprint density at radius 1 is 0.786 bits per heavy atom. The highest BCUT2D eigenvalue weighted by molar-refractivity contribution is 7.95. The van der Waals surface area contributed by atoms with E-state index in [2.05, 4.69) is 78.3 Å². The van der Waals surface area contributed by atoms with E-state index in [9.17, 15) is 19.5 Å². The van der Waals surface area contributed by atoms with Crippen LogP contribution in [-0.2, 0) is 18.6 Å². The van der Waals surface area contributed by atoms with E-state index in [0.717, 1.165) is 57.0 Å². The molecular formula is C34H58N2O5S. The molecule has 2 amide bonds. The summed E-state index contributed by atoms with van der Waals surface area (Å²) >= 11 is 1.02. The van der Waals surface area contributed by atoms with Gasteiger partial charge in [-0.2, -0.15) is 0 Å². The lowest BCUT2D eigenvalue weighted by Gasteiger charge is -2.28. The zero-order valence-electron chi connectivity index (χ0n) is 27.0. The molecule has 7 nitrogen and oxygen atoms in total. The number of hydrogen-bond acceptors (Lipinski definition) is 6. The van der Waals surface area contributed by atoms with Crippen molar-refractivity contribution in [2.75, 3.05) is 18.8 Å². The van der Waals surface area contributed by atoms with Gasteiger partial charge in [0.2, 0.25) is 11.8 Å². The minimum atomic E-state index is -1.11. The molecule has 0 aliphatic carbocycles. The maximum Gasteiger partial charge on any atom is 0.317 e. The molecule has 0 saturated heterocycles. The van der Waals surface area contributed by atoms with E-state index in [1.807, 2.05) is 34.6 Å². The van der Waals surface area contributed by atoms with Crippen LogP contribution in [0.15, 0.2) is 60.8 Å². The van der Waals surface area contributed by atoms with Crippen molar-refractivity contribution in [3.05, 3.63) is 60.8 Å². The molecule has 1 atom stereocenters. The second-order valence-corrected chi connectivity index (χ2v) is 10.8. The zero-order valence-corrected chi connectivity index (χ0v) is 27.8. The number of carbonyl (C=O) groups is 3. The van der Waals surface area contributed by atoms with Crippen molar-refractivity contribution in [1.29, 1.82) is 0 Å². The number of rotatable bonds is 23. The molecule has 0 aliphatic rings. The topological polar surface area (TPSA) is 105 Å². The fraction of sp³-hybridized carbons (Fsp3) is 0.618. The normalized spacial score (nSPS) is 12.7. The van der Waals surface area contributed by atoms with Crippen molar-refractivity contribution in [3.8, 4) is 0 Å². The van der Waals surface area contributed by atoms with Crippen molar-refractivity contribution in [2.24, 2.45) is 5.41 Å². The largest absolute Gasteiger partial charge is 0.391 e. The molecule has 0 unspecified atom stereocenters. The molecule has 0 spiro atoms. The average Bonchev–Trinajstić information content (AvgIpc) is 2.99. The van der Waals surface area contributed by atoms with Crippen LogP contribution < -0.4 is 10.6 Å². The first-order valence-electron chi connectivity index (χ1n) is 15.5. The Hall–Kier alpha value is -2.58. The van der Waals surface area contributed by atoms with Crippen LogP contribution in [0.2, 0.25) is 0 Å². The van der Waals surface area contributed by atoms with Crippen molar-refractivity contribution in [2.45, 2.75) is 112 Å². The number of amides is 2. The van der Waals surface area contributed by atoms with Gasteiger partial charge in [0.25, 0.3) is 0 Å². The predicted molar refractivity (Wildman–Crippen MR) is 179 cm³/mol. The Kier molecular flexibility index (Phi) is 29.6. The van der Waals surface area contributed by atoms with Gasteiger partial charge in [-0.15, -0.1) is 0 Å². The number of unbranched alkanes of at least 4 members (excludes halogenated alkanes) is 1. The predicted octanol–water partition coefficient (Wildman–Crippen LogP) is 7.55. The summed E-state index contributed by atoms with van der Waals surface area (Å²) in [6.07, 6.45) is 28.1. The first-order valence-corrected chi connectivity index (χ1v) is 16.4. The number of hydrogen-bond donors (Lipinski definition) is 3. The second-order valence-electron chi connectivity index (χ2n) is 10.0. The quantitative estimate of drug-likeness (QED) is 0.0630. The molecule has 0 fully saturated rings. The molecule has 0 radical (unpaired) electrons. The smallest absolute Gasteiger partial charge is 0.317 e. The van der Waals surface area contributed by atoms with Crippen molar-refractivity contribution in [1.82, 2.24) is 10.6 Å². The minimum Gasteiger partial charge on any atom is -0.391 e. The number of allylic oxidation sites excluding steroid dienone is 10. The lowest BCUT2D eigenvalue weighted by Crippen LogP contribution is -2.44. The molecule has 240 valence electrons. The maximum absolute atomic E-state index is 12.0. The number of aliphatic hydroxyl groups excluding tert-OH is 1. The van der Waals surface area contributed by atoms with Gasteiger partial charge in [0.05, 0.1) is 12.0 Å². The summed E-state index contributed by atoms with van der Waals surface area (Å²) in [7, 11) is 0. The zero-order chi connectivity index (χ0) is 31.9. The molecule has 0 heterocycles. The summed E-state index contributed by atoms with van der Waals surface area (Å²) in [4.78, 5) is 35.7. The summed E-state index contributed by atoms with van der Waals surface area (Å²) in [5, 5.41) is 15.4. The molecule has 8 heteroatoms. The second kappa shape index (κ2) is 29.9. The molecule has 0 saturated carbocycles. The number of carbonyl (C=O) groups excluding carboxylic acids is 3. The van der Waals surface area contributed by atoms with Gasteiger partial charge in [-0.1, -0.05) is 102 Å². The molecule has 0 aromatic rings. The third kappa shape index (κ3) is 26.3. The molecule has 0 aromatic carbocycles. The van der Waals surface area contributed by atoms with Gasteiger partial charge in [0.1, 0.15) is 6.10 Å². The van der Waals surface area contributed by atoms with E-state index >= 15 is 0 Å². The number of aliphatic hydroxyl groups is 1. The fourth-order valence-corrected chi connectivity index (χ4v) is 3.63. The minimum absolute atomic E-state index is 0.116. The SMILES string of the molecule is CC.CC/C=C\C/C=C\C/C=C\C/C=C\C/C=C\CCCC(=O)OSCCNC(=O)CCNC(=O)[C@H](O)C(C)(C)CC. The van der Waals surface area contributed by atoms with Gasteiger partial charge in [0.15, 0.2) is 0 Å². The summed E-state index contributed by atoms with van der Waals surface area (Å²) in [5.41, 5.74) is -0.517. The van der Waals surface area contributed by atoms with Gasteiger partial charge < -0.3 is 19.9 Å². The summed E-state index contributed by atoms with van der Waals surface area (Å²) in [5.74, 6) is -0.501. The van der Waals surface area contributed by atoms with Crippen molar-refractivity contribution in [3.63, 3.8) is 0 Å². The van der Waals surface area contributed by atoms with E-state index < -0.39 is 17.4 Å². The van der Waals surface area contributed by atoms with E-state index in [4.69, 9.17) is 4.18 Å². The Balaban J connectivity index is 0. The van der Waals surface area contributed by atoms with Crippen LogP contribution in [0.3, 0.4) is 0 Å². The van der Waals surface area contributed by atoms with Crippen LogP contribution in [0.1, 0.15) is 106 Å².